The number of amides is 1. The molecule has 10 nitrogen and oxygen atoms in total. The van der Waals surface area contributed by atoms with Gasteiger partial charge in [0.25, 0.3) is 0 Å². The van der Waals surface area contributed by atoms with Gasteiger partial charge in [-0.1, -0.05) is 19.9 Å². The number of benzene rings is 2. The lowest BCUT2D eigenvalue weighted by atomic mass is 9.47. The van der Waals surface area contributed by atoms with Crippen LogP contribution in [0.4, 0.5) is 10.8 Å². The number of rotatable bonds is 12. The molecule has 3 aromatic rings. The fourth-order valence-corrected chi connectivity index (χ4v) is 8.45. The van der Waals surface area contributed by atoms with Crippen LogP contribution >= 0.6 is 11.3 Å². The van der Waals surface area contributed by atoms with Gasteiger partial charge in [-0.05, 0) is 66.8 Å². The van der Waals surface area contributed by atoms with Crippen LogP contribution in [0.1, 0.15) is 55.2 Å². The number of hydrogen-bond acceptors (Lipinski definition) is 10. The fraction of sp³-hybridized carbons (Fsp3) is 0.529. The number of thiazole rings is 1. The van der Waals surface area contributed by atoms with E-state index in [0.717, 1.165) is 28.2 Å². The van der Waals surface area contributed by atoms with Gasteiger partial charge in [0.15, 0.2) is 16.6 Å². The molecule has 5 atom stereocenters. The van der Waals surface area contributed by atoms with Crippen LogP contribution in [0.2, 0.25) is 0 Å². The second kappa shape index (κ2) is 13.4. The number of hydrogen-bond donors (Lipinski definition) is 4. The minimum absolute atomic E-state index is 0.0320. The molecule has 2 aromatic carbocycles. The van der Waals surface area contributed by atoms with Gasteiger partial charge in [-0.3, -0.25) is 4.79 Å². The molecule has 1 aromatic heterocycles. The Balaban J connectivity index is 1.41. The number of aliphatic hydroxyl groups is 2. The molecule has 0 bridgehead atoms. The smallest absolute Gasteiger partial charge is 0.220 e. The van der Waals surface area contributed by atoms with Crippen LogP contribution in [-0.2, 0) is 17.6 Å². The maximum atomic E-state index is 13.6. The summed E-state index contributed by atoms with van der Waals surface area (Å²) in [6.07, 6.45) is 2.25. The number of nitrogens with zero attached hydrogens (tertiary/aromatic N) is 1. The first-order chi connectivity index (χ1) is 21.6. The summed E-state index contributed by atoms with van der Waals surface area (Å²) in [4.78, 5) is 19.7. The van der Waals surface area contributed by atoms with E-state index in [1.165, 1.54) is 0 Å². The van der Waals surface area contributed by atoms with Crippen molar-refractivity contribution in [1.82, 2.24) is 10.3 Å². The molecule has 0 spiro atoms. The second-order valence-corrected chi connectivity index (χ2v) is 13.6. The summed E-state index contributed by atoms with van der Waals surface area (Å²) in [7, 11) is 6.44. The molecular weight excluding hydrogens is 594 g/mol. The maximum Gasteiger partial charge on any atom is 0.220 e. The lowest BCUT2D eigenvalue weighted by Gasteiger charge is -2.58. The van der Waals surface area contributed by atoms with Crippen LogP contribution in [-0.4, -0.2) is 68.8 Å². The van der Waals surface area contributed by atoms with E-state index in [-0.39, 0.29) is 36.2 Å². The van der Waals surface area contributed by atoms with Crippen molar-refractivity contribution in [3.05, 3.63) is 52.5 Å². The Morgan fingerprint density at radius 2 is 1.76 bits per heavy atom. The number of aliphatic hydroxyl groups excluding tert-OH is 2. The molecule has 244 valence electrons. The third-order valence-corrected chi connectivity index (χ3v) is 11.1. The summed E-state index contributed by atoms with van der Waals surface area (Å²) in [5.41, 5.74) is 1.63. The molecule has 11 heteroatoms. The Morgan fingerprint density at radius 3 is 2.44 bits per heavy atom. The third-order valence-electron chi connectivity index (χ3n) is 10.1. The van der Waals surface area contributed by atoms with Crippen LogP contribution < -0.4 is 29.6 Å². The molecule has 45 heavy (non-hydrogen) atoms. The summed E-state index contributed by atoms with van der Waals surface area (Å²) in [6.45, 7) is 4.53. The van der Waals surface area contributed by atoms with Crippen LogP contribution in [0.5, 0.6) is 23.0 Å². The first kappa shape index (κ1) is 32.8. The van der Waals surface area contributed by atoms with E-state index in [4.69, 9.17) is 23.9 Å². The summed E-state index contributed by atoms with van der Waals surface area (Å²) in [5, 5.41) is 28.9. The van der Waals surface area contributed by atoms with E-state index in [0.29, 0.717) is 53.9 Å². The minimum atomic E-state index is -0.694. The van der Waals surface area contributed by atoms with Crippen LogP contribution in [0.25, 0.3) is 0 Å². The highest BCUT2D eigenvalue weighted by Crippen LogP contribution is 2.63. The minimum Gasteiger partial charge on any atom is -0.497 e. The van der Waals surface area contributed by atoms with Gasteiger partial charge in [-0.15, -0.1) is 11.3 Å². The van der Waals surface area contributed by atoms with Crippen molar-refractivity contribution in [3.8, 4) is 23.0 Å². The highest BCUT2D eigenvalue weighted by Gasteiger charge is 2.59. The monoisotopic (exact) mass is 639 g/mol. The Labute approximate surface area is 269 Å². The van der Waals surface area contributed by atoms with E-state index < -0.39 is 11.5 Å². The van der Waals surface area contributed by atoms with Gasteiger partial charge in [-0.2, -0.15) is 0 Å². The molecule has 1 fully saturated rings. The van der Waals surface area contributed by atoms with E-state index in [2.05, 4.69) is 17.6 Å². The largest absolute Gasteiger partial charge is 0.497 e. The Hall–Kier alpha value is -3.54. The molecule has 1 heterocycles. The van der Waals surface area contributed by atoms with Gasteiger partial charge < -0.3 is 39.8 Å². The molecule has 2 aliphatic carbocycles. The zero-order valence-corrected chi connectivity index (χ0v) is 27.8. The summed E-state index contributed by atoms with van der Waals surface area (Å²) < 4.78 is 21.8. The first-order valence-electron chi connectivity index (χ1n) is 15.3. The number of fused-ring (bicyclic) bond motifs is 2. The molecule has 4 N–H and O–H groups in total. The van der Waals surface area contributed by atoms with Crippen molar-refractivity contribution >= 4 is 28.1 Å². The van der Waals surface area contributed by atoms with Gasteiger partial charge in [0.05, 0.1) is 52.5 Å². The van der Waals surface area contributed by atoms with Crippen LogP contribution in [0.3, 0.4) is 0 Å². The van der Waals surface area contributed by atoms with E-state index in [1.54, 1.807) is 39.8 Å². The van der Waals surface area contributed by atoms with E-state index in [1.807, 2.05) is 43.3 Å². The van der Waals surface area contributed by atoms with E-state index in [9.17, 15) is 15.0 Å². The van der Waals surface area contributed by atoms with Gasteiger partial charge in [0.2, 0.25) is 5.91 Å². The van der Waals surface area contributed by atoms with E-state index >= 15 is 0 Å². The molecule has 1 amide bonds. The third kappa shape index (κ3) is 6.30. The number of carbonyl (C=O) groups is 1. The van der Waals surface area contributed by atoms with Gasteiger partial charge >= 0.3 is 0 Å². The number of aromatic nitrogens is 1. The standard InChI is InChI=1S/C34H45N3O7S/c1-33-13-11-29(39)34(2,19-38)28(33)18-27-31(37-32(45-27)36-23-16-21(41-3)8-10-24(23)42-4)22(33)17-30(40)35-14-12-20-7-9-25(43-5)26(15-20)44-6/h7-10,15-16,22,28-29,38-39H,11-14,17-19H2,1-6H3,(H,35,40)(H,36,37)/t22-,28+,29-,33+,34+/m1/s1. The summed E-state index contributed by atoms with van der Waals surface area (Å²) >= 11 is 1.55. The normalized spacial score (nSPS) is 25.5. The van der Waals surface area contributed by atoms with Gasteiger partial charge in [0, 0.05) is 35.2 Å². The lowest BCUT2D eigenvalue weighted by Crippen LogP contribution is -2.57. The SMILES string of the molecule is COc1ccc(OC)c(Nc2nc3c(s2)C[C@@H]2[C@](C)(CO)[C@H](O)CC[C@@]2(C)[C@@H]3CC(=O)NCCc2ccc(OC)c(OC)c2)c1. The summed E-state index contributed by atoms with van der Waals surface area (Å²) in [5.74, 6) is 2.39. The molecular formula is C34H45N3O7S. The number of anilines is 2. The first-order valence-corrected chi connectivity index (χ1v) is 16.2. The predicted octanol–water partition coefficient (Wildman–Crippen LogP) is 5.09. The topological polar surface area (TPSA) is 131 Å². The quantitative estimate of drug-likeness (QED) is 0.214. The molecule has 0 saturated heterocycles. The van der Waals surface area contributed by atoms with Crippen molar-refractivity contribution in [2.45, 2.75) is 58.0 Å². The Bertz CT molecular complexity index is 1510. The maximum absolute atomic E-state index is 13.6. The molecule has 2 aliphatic rings. The van der Waals surface area contributed by atoms with Gasteiger partial charge in [-0.25, -0.2) is 4.98 Å². The fourth-order valence-electron chi connectivity index (χ4n) is 7.37. The number of ether oxygens (including phenoxy) is 4. The highest BCUT2D eigenvalue weighted by atomic mass is 32.1. The van der Waals surface area contributed by atoms with Crippen molar-refractivity contribution in [2.75, 3.05) is 46.9 Å². The molecule has 0 radical (unpaired) electrons. The van der Waals surface area contributed by atoms with Gasteiger partial charge in [0.1, 0.15) is 11.5 Å². The number of methoxy groups -OCH3 is 4. The average Bonchev–Trinajstić information content (AvgIpc) is 3.45. The molecule has 0 aliphatic heterocycles. The van der Waals surface area contributed by atoms with Crippen molar-refractivity contribution < 1.29 is 34.0 Å². The second-order valence-electron chi connectivity index (χ2n) is 12.5. The average molecular weight is 640 g/mol. The summed E-state index contributed by atoms with van der Waals surface area (Å²) in [6, 6.07) is 11.3. The van der Waals surface area contributed by atoms with Crippen LogP contribution in [0.15, 0.2) is 36.4 Å². The highest BCUT2D eigenvalue weighted by molar-refractivity contribution is 7.15. The number of carbonyl (C=O) groups excluding carboxylic acids is 1. The molecule has 1 saturated carbocycles. The Kier molecular flexibility index (Phi) is 9.81. The van der Waals surface area contributed by atoms with Crippen LogP contribution in [0, 0.1) is 16.7 Å². The lowest BCUT2D eigenvalue weighted by molar-refractivity contribution is -0.144. The van der Waals surface area contributed by atoms with Crippen molar-refractivity contribution in [2.24, 2.45) is 16.7 Å². The molecule has 0 unspecified atom stereocenters. The molecule has 5 rings (SSSR count). The zero-order valence-electron chi connectivity index (χ0n) is 26.9. The predicted molar refractivity (Wildman–Crippen MR) is 174 cm³/mol. The van der Waals surface area contributed by atoms with Crippen molar-refractivity contribution in [3.63, 3.8) is 0 Å². The zero-order chi connectivity index (χ0) is 32.4. The Morgan fingerprint density at radius 1 is 1.02 bits per heavy atom. The van der Waals surface area contributed by atoms with Crippen molar-refractivity contribution in [1.29, 1.82) is 0 Å². The number of nitrogens with one attached hydrogen (secondary N) is 2.